The number of ether oxygens (including phenoxy) is 1. The monoisotopic (exact) mass is 362 g/mol. The largest absolute Gasteiger partial charge is 0.495 e. The summed E-state index contributed by atoms with van der Waals surface area (Å²) in [5.41, 5.74) is 1.13. The van der Waals surface area contributed by atoms with Gasteiger partial charge in [0.05, 0.1) is 18.5 Å². The van der Waals surface area contributed by atoms with Gasteiger partial charge in [-0.1, -0.05) is 37.3 Å². The van der Waals surface area contributed by atoms with E-state index >= 15 is 0 Å². The molecule has 1 aromatic heterocycles. The fraction of sp³-hybridized carbons (Fsp3) is 0.353. The Balaban J connectivity index is 2.02. The summed E-state index contributed by atoms with van der Waals surface area (Å²) in [5, 5.41) is 8.55. The highest BCUT2D eigenvalue weighted by Gasteiger charge is 2.17. The average Bonchev–Trinajstić information content (AvgIpc) is 2.93. The van der Waals surface area contributed by atoms with E-state index in [-0.39, 0.29) is 5.91 Å². The molecule has 0 atom stereocenters. The third-order valence-electron chi connectivity index (χ3n) is 3.25. The van der Waals surface area contributed by atoms with E-state index in [1.165, 1.54) is 7.11 Å². The Labute approximate surface area is 150 Å². The summed E-state index contributed by atoms with van der Waals surface area (Å²) in [4.78, 5) is 29.0. The minimum absolute atomic E-state index is 0.179. The third-order valence-corrected chi connectivity index (χ3v) is 4.32. The first-order valence-electron chi connectivity index (χ1n) is 7.87. The normalized spacial score (nSPS) is 10.4. The fourth-order valence-electron chi connectivity index (χ4n) is 2.04. The maximum Gasteiger partial charge on any atom is 0.325 e. The lowest BCUT2D eigenvalue weighted by Gasteiger charge is -2.09. The molecular weight excluding hydrogens is 340 g/mol. The second-order valence-corrected chi connectivity index (χ2v) is 6.82. The molecular formula is C17H22N4O3S. The van der Waals surface area contributed by atoms with E-state index in [4.69, 9.17) is 4.74 Å². The lowest BCUT2D eigenvalue weighted by atomic mass is 10.2. The van der Waals surface area contributed by atoms with Crippen molar-refractivity contribution < 1.29 is 14.3 Å². The van der Waals surface area contributed by atoms with Crippen molar-refractivity contribution in [3.8, 4) is 5.75 Å². The van der Waals surface area contributed by atoms with Gasteiger partial charge in [0.1, 0.15) is 10.6 Å². The number of rotatable bonds is 6. The van der Waals surface area contributed by atoms with Crippen LogP contribution in [-0.4, -0.2) is 30.6 Å². The number of methoxy groups -OCH3 is 1. The Morgan fingerprint density at radius 2 is 1.96 bits per heavy atom. The maximum absolute atomic E-state index is 12.2. The fourth-order valence-corrected chi connectivity index (χ4v) is 2.91. The van der Waals surface area contributed by atoms with Gasteiger partial charge < -0.3 is 15.4 Å². The van der Waals surface area contributed by atoms with E-state index < -0.39 is 6.03 Å². The standard InChI is InChI=1S/C17H22N4O3S/c1-10(2)9-18-15(22)14-11(3)19-17(25-14)21-16(23)20-12-7-5-6-8-13(12)24-4/h5-8,10H,9H2,1-4H3,(H,18,22)(H2,19,20,21,23). The molecule has 0 unspecified atom stereocenters. The molecule has 0 saturated heterocycles. The summed E-state index contributed by atoms with van der Waals surface area (Å²) in [5.74, 6) is 0.741. The second-order valence-electron chi connectivity index (χ2n) is 5.82. The first-order valence-corrected chi connectivity index (χ1v) is 8.69. The molecule has 25 heavy (non-hydrogen) atoms. The van der Waals surface area contributed by atoms with Gasteiger partial charge in [0.15, 0.2) is 5.13 Å². The Morgan fingerprint density at radius 3 is 2.64 bits per heavy atom. The maximum atomic E-state index is 12.2. The Kier molecular flexibility index (Phi) is 6.35. The highest BCUT2D eigenvalue weighted by atomic mass is 32.1. The lowest BCUT2D eigenvalue weighted by Crippen LogP contribution is -2.27. The van der Waals surface area contributed by atoms with Crippen molar-refractivity contribution >= 4 is 34.1 Å². The highest BCUT2D eigenvalue weighted by molar-refractivity contribution is 7.17. The number of aryl methyl sites for hydroxylation is 1. The molecule has 7 nitrogen and oxygen atoms in total. The van der Waals surface area contributed by atoms with Crippen LogP contribution >= 0.6 is 11.3 Å². The first kappa shape index (κ1) is 18.7. The number of carbonyl (C=O) groups is 2. The molecule has 8 heteroatoms. The number of thiazole rings is 1. The van der Waals surface area contributed by atoms with Crippen LogP contribution in [0.2, 0.25) is 0 Å². The smallest absolute Gasteiger partial charge is 0.325 e. The molecule has 0 spiro atoms. The SMILES string of the molecule is COc1ccccc1NC(=O)Nc1nc(C)c(C(=O)NCC(C)C)s1. The number of nitrogens with one attached hydrogen (secondary N) is 3. The zero-order valence-corrected chi connectivity index (χ0v) is 15.5. The van der Waals surface area contributed by atoms with Crippen molar-refractivity contribution in [2.75, 3.05) is 24.3 Å². The number of hydrogen-bond donors (Lipinski definition) is 3. The molecule has 0 fully saturated rings. The molecule has 3 amide bonds. The molecule has 1 aromatic carbocycles. The van der Waals surface area contributed by atoms with Crippen molar-refractivity contribution in [1.82, 2.24) is 10.3 Å². The highest BCUT2D eigenvalue weighted by Crippen LogP contribution is 2.25. The average molecular weight is 362 g/mol. The topological polar surface area (TPSA) is 92.3 Å². The van der Waals surface area contributed by atoms with E-state index in [1.807, 2.05) is 19.9 Å². The number of carbonyl (C=O) groups excluding carboxylic acids is 2. The molecule has 0 saturated carbocycles. The van der Waals surface area contributed by atoms with E-state index in [9.17, 15) is 9.59 Å². The van der Waals surface area contributed by atoms with Gasteiger partial charge in [0.2, 0.25) is 0 Å². The van der Waals surface area contributed by atoms with E-state index in [1.54, 1.807) is 25.1 Å². The first-order chi connectivity index (χ1) is 11.9. The number of aromatic nitrogens is 1. The van der Waals surface area contributed by atoms with Crippen molar-refractivity contribution in [2.24, 2.45) is 5.92 Å². The van der Waals surface area contributed by atoms with Gasteiger partial charge in [0, 0.05) is 6.54 Å². The van der Waals surface area contributed by atoms with Crippen molar-refractivity contribution in [3.05, 3.63) is 34.8 Å². The Morgan fingerprint density at radius 1 is 1.24 bits per heavy atom. The number of anilines is 2. The van der Waals surface area contributed by atoms with Gasteiger partial charge in [-0.15, -0.1) is 0 Å². The number of nitrogens with zero attached hydrogens (tertiary/aromatic N) is 1. The summed E-state index contributed by atoms with van der Waals surface area (Å²) in [7, 11) is 1.53. The summed E-state index contributed by atoms with van der Waals surface area (Å²) >= 11 is 1.14. The number of hydrogen-bond acceptors (Lipinski definition) is 5. The molecule has 3 N–H and O–H groups in total. The molecule has 1 heterocycles. The van der Waals surface area contributed by atoms with Crippen molar-refractivity contribution in [2.45, 2.75) is 20.8 Å². The molecule has 2 rings (SSSR count). The number of amides is 3. The quantitative estimate of drug-likeness (QED) is 0.733. The van der Waals surface area contributed by atoms with Gasteiger partial charge in [-0.2, -0.15) is 0 Å². The Bertz CT molecular complexity index is 758. The van der Waals surface area contributed by atoms with Gasteiger partial charge >= 0.3 is 6.03 Å². The van der Waals surface area contributed by atoms with Crippen LogP contribution in [0.15, 0.2) is 24.3 Å². The van der Waals surface area contributed by atoms with Crippen LogP contribution in [0, 0.1) is 12.8 Å². The Hall–Kier alpha value is -2.61. The van der Waals surface area contributed by atoms with Gasteiger partial charge in [-0.05, 0) is 25.0 Å². The summed E-state index contributed by atoms with van der Waals surface area (Å²) < 4.78 is 5.19. The summed E-state index contributed by atoms with van der Waals surface area (Å²) in [6.45, 7) is 6.38. The summed E-state index contributed by atoms with van der Waals surface area (Å²) in [6, 6.07) is 6.64. The second kappa shape index (κ2) is 8.48. The minimum Gasteiger partial charge on any atom is -0.495 e. The summed E-state index contributed by atoms with van der Waals surface area (Å²) in [6.07, 6.45) is 0. The van der Waals surface area contributed by atoms with Crippen molar-refractivity contribution in [3.63, 3.8) is 0 Å². The van der Waals surface area contributed by atoms with E-state index in [2.05, 4.69) is 20.9 Å². The molecule has 0 aliphatic rings. The molecule has 134 valence electrons. The zero-order chi connectivity index (χ0) is 18.4. The molecule has 0 radical (unpaired) electrons. The van der Waals surface area contributed by atoms with Crippen molar-refractivity contribution in [1.29, 1.82) is 0 Å². The number of benzene rings is 1. The van der Waals surface area contributed by atoms with E-state index in [0.717, 1.165) is 11.3 Å². The molecule has 0 aliphatic carbocycles. The minimum atomic E-state index is -0.451. The molecule has 0 aliphatic heterocycles. The molecule has 2 aromatic rings. The van der Waals surface area contributed by atoms with Crippen LogP contribution in [0.5, 0.6) is 5.75 Å². The molecule has 0 bridgehead atoms. The lowest BCUT2D eigenvalue weighted by molar-refractivity contribution is 0.0952. The predicted octanol–water partition coefficient (Wildman–Crippen LogP) is 3.49. The van der Waals surface area contributed by atoms with E-state index in [0.29, 0.717) is 39.6 Å². The van der Waals surface area contributed by atoms with Gasteiger partial charge in [-0.25, -0.2) is 9.78 Å². The van der Waals surface area contributed by atoms with Crippen LogP contribution in [-0.2, 0) is 0 Å². The van der Waals surface area contributed by atoms with Gasteiger partial charge in [-0.3, -0.25) is 10.1 Å². The predicted molar refractivity (Wildman–Crippen MR) is 99.7 cm³/mol. The third kappa shape index (κ3) is 5.18. The van der Waals surface area contributed by atoms with Crippen LogP contribution < -0.4 is 20.7 Å². The number of para-hydroxylation sites is 2. The number of urea groups is 1. The van der Waals surface area contributed by atoms with Crippen LogP contribution in [0.3, 0.4) is 0 Å². The van der Waals surface area contributed by atoms with Crippen LogP contribution in [0.1, 0.15) is 29.2 Å². The van der Waals surface area contributed by atoms with Gasteiger partial charge in [0.25, 0.3) is 5.91 Å². The van der Waals surface area contributed by atoms with Crippen LogP contribution in [0.25, 0.3) is 0 Å². The zero-order valence-electron chi connectivity index (χ0n) is 14.7. The van der Waals surface area contributed by atoms with Crippen LogP contribution in [0.4, 0.5) is 15.6 Å².